The van der Waals surface area contributed by atoms with Crippen molar-refractivity contribution in [3.05, 3.63) is 18.1 Å². The summed E-state index contributed by atoms with van der Waals surface area (Å²) in [5.41, 5.74) is 0.451. The van der Waals surface area contributed by atoms with Crippen molar-refractivity contribution in [2.45, 2.75) is 11.9 Å². The molecule has 2 rings (SSSR count). The molecule has 80 valence electrons. The zero-order chi connectivity index (χ0) is 11.5. The van der Waals surface area contributed by atoms with Crippen molar-refractivity contribution in [1.82, 2.24) is 9.97 Å². The Labute approximate surface area is 85.6 Å². The molecule has 0 saturated heterocycles. The van der Waals surface area contributed by atoms with Gasteiger partial charge in [-0.05, 0) is 0 Å². The molecular formula is C7H7N3O4S. The van der Waals surface area contributed by atoms with Gasteiger partial charge in [0.2, 0.25) is 0 Å². The van der Waals surface area contributed by atoms with Gasteiger partial charge in [0.25, 0.3) is 5.97 Å². The maximum absolute atomic E-state index is 11.0. The second kappa shape index (κ2) is 4.13. The minimum absolute atomic E-state index is 0.00694. The molecule has 1 aliphatic heterocycles. The summed E-state index contributed by atoms with van der Waals surface area (Å²) in [6.07, 6.45) is 3.84. The molecular weight excluding hydrogens is 222 g/mol. The molecule has 0 aromatic carbocycles. The van der Waals surface area contributed by atoms with E-state index in [-0.39, 0.29) is 5.03 Å². The lowest BCUT2D eigenvalue weighted by atomic mass is 10.4. The summed E-state index contributed by atoms with van der Waals surface area (Å²) in [5.74, 6) is -0.833. The summed E-state index contributed by atoms with van der Waals surface area (Å²) < 4.78 is 25.2. The van der Waals surface area contributed by atoms with E-state index in [0.29, 0.717) is 5.56 Å². The zero-order valence-corrected chi connectivity index (χ0v) is 8.47. The number of hydrogen-bond donors (Lipinski definition) is 1. The van der Waals surface area contributed by atoms with Crippen molar-refractivity contribution in [3.63, 3.8) is 0 Å². The van der Waals surface area contributed by atoms with E-state index < -0.39 is 16.0 Å². The molecule has 1 aromatic rings. The van der Waals surface area contributed by atoms with Crippen molar-refractivity contribution in [3.8, 4) is 0 Å². The molecule has 0 spiro atoms. The normalized spacial score (nSPS) is 15.0. The van der Waals surface area contributed by atoms with E-state index in [1.54, 1.807) is 0 Å². The second-order valence-corrected chi connectivity index (χ2v) is 4.06. The number of fused-ring (bicyclic) bond motifs is 1. The van der Waals surface area contributed by atoms with E-state index in [9.17, 15) is 8.42 Å². The molecule has 0 unspecified atom stereocenters. The van der Waals surface area contributed by atoms with Crippen LogP contribution in [0.5, 0.6) is 0 Å². The number of aromatic nitrogens is 2. The van der Waals surface area contributed by atoms with Crippen LogP contribution >= 0.6 is 0 Å². The maximum Gasteiger partial charge on any atom is 0.300 e. The Morgan fingerprint density at radius 3 is 2.60 bits per heavy atom. The van der Waals surface area contributed by atoms with Gasteiger partial charge in [-0.3, -0.25) is 4.79 Å². The van der Waals surface area contributed by atoms with Crippen molar-refractivity contribution >= 4 is 22.2 Å². The van der Waals surface area contributed by atoms with Crippen molar-refractivity contribution < 1.29 is 18.3 Å². The molecule has 0 amide bonds. The number of carboxylic acids is 1. The lowest BCUT2D eigenvalue weighted by Gasteiger charge is -1.90. The van der Waals surface area contributed by atoms with Crippen LogP contribution < -0.4 is 0 Å². The minimum atomic E-state index is -3.49. The molecule has 0 fully saturated rings. The lowest BCUT2D eigenvalue weighted by molar-refractivity contribution is -0.134. The average Bonchev–Trinajstić information content (AvgIpc) is 2.43. The van der Waals surface area contributed by atoms with Crippen LogP contribution in [0.1, 0.15) is 12.5 Å². The van der Waals surface area contributed by atoms with Crippen LogP contribution in [0.3, 0.4) is 0 Å². The Morgan fingerprint density at radius 2 is 2.07 bits per heavy atom. The van der Waals surface area contributed by atoms with Crippen molar-refractivity contribution in [1.29, 1.82) is 0 Å². The molecule has 7 nitrogen and oxygen atoms in total. The van der Waals surface area contributed by atoms with Gasteiger partial charge < -0.3 is 5.11 Å². The number of rotatable bonds is 0. The largest absolute Gasteiger partial charge is 0.481 e. The monoisotopic (exact) mass is 229 g/mol. The van der Waals surface area contributed by atoms with Crippen molar-refractivity contribution in [2.24, 2.45) is 4.40 Å². The van der Waals surface area contributed by atoms with Crippen LogP contribution in [-0.2, 0) is 14.8 Å². The van der Waals surface area contributed by atoms with Gasteiger partial charge in [0.1, 0.15) is 6.33 Å². The predicted octanol–water partition coefficient (Wildman–Crippen LogP) is -0.311. The van der Waals surface area contributed by atoms with E-state index in [1.165, 1.54) is 18.7 Å². The molecule has 0 bridgehead atoms. The minimum Gasteiger partial charge on any atom is -0.481 e. The fourth-order valence-electron chi connectivity index (χ4n) is 0.809. The number of aliphatic carboxylic acids is 1. The number of carbonyl (C=O) groups is 1. The number of sulfonamides is 1. The molecule has 1 N–H and O–H groups in total. The van der Waals surface area contributed by atoms with Crippen LogP contribution in [0.2, 0.25) is 0 Å². The van der Waals surface area contributed by atoms with Gasteiger partial charge in [-0.25, -0.2) is 9.97 Å². The Kier molecular flexibility index (Phi) is 3.10. The number of hydrogen-bond acceptors (Lipinski definition) is 5. The van der Waals surface area contributed by atoms with Gasteiger partial charge in [0, 0.05) is 13.1 Å². The standard InChI is InChI=1S/C5H3N3O2S.C2H4O2/c9-11(10)5-4(2-8-11)1-6-3-7-5;1-2(3)4/h1-3H;1H3,(H,3,4). The van der Waals surface area contributed by atoms with Crippen LogP contribution in [0.25, 0.3) is 0 Å². The Hall–Kier alpha value is -1.83. The van der Waals surface area contributed by atoms with Crippen LogP contribution in [0.15, 0.2) is 21.9 Å². The molecule has 0 aliphatic carbocycles. The highest BCUT2D eigenvalue weighted by Crippen LogP contribution is 2.17. The fraction of sp³-hybridized carbons (Fsp3) is 0.143. The second-order valence-electron chi connectivity index (χ2n) is 2.51. The van der Waals surface area contributed by atoms with Crippen LogP contribution in [0, 0.1) is 0 Å². The summed E-state index contributed by atoms with van der Waals surface area (Å²) in [4.78, 5) is 16.2. The summed E-state index contributed by atoms with van der Waals surface area (Å²) in [7, 11) is -3.49. The molecule has 1 aliphatic rings. The molecule has 15 heavy (non-hydrogen) atoms. The highest BCUT2D eigenvalue weighted by atomic mass is 32.2. The molecule has 0 saturated carbocycles. The van der Waals surface area contributed by atoms with E-state index in [4.69, 9.17) is 9.90 Å². The van der Waals surface area contributed by atoms with Gasteiger partial charge in [-0.15, -0.1) is 0 Å². The summed E-state index contributed by atoms with van der Waals surface area (Å²) >= 11 is 0. The molecule has 0 radical (unpaired) electrons. The quantitative estimate of drug-likeness (QED) is 0.611. The lowest BCUT2D eigenvalue weighted by Crippen LogP contribution is -1.97. The van der Waals surface area contributed by atoms with Crippen LogP contribution in [0.4, 0.5) is 0 Å². The fourth-order valence-corrected chi connectivity index (χ4v) is 1.75. The first-order valence-electron chi connectivity index (χ1n) is 3.73. The third kappa shape index (κ3) is 2.81. The van der Waals surface area contributed by atoms with Gasteiger partial charge in [0.05, 0.1) is 11.8 Å². The Balaban J connectivity index is 0.000000245. The highest BCUT2D eigenvalue weighted by Gasteiger charge is 2.23. The summed E-state index contributed by atoms with van der Waals surface area (Å²) in [5, 5.41) is 7.41. The number of carboxylic acid groups (broad SMARTS) is 1. The SMILES string of the molecule is CC(=O)O.O=S1(=O)N=Cc2cncnc21. The smallest absolute Gasteiger partial charge is 0.300 e. The Bertz CT molecular complexity index is 505. The van der Waals surface area contributed by atoms with Gasteiger partial charge in [-0.2, -0.15) is 12.8 Å². The first kappa shape index (κ1) is 11.2. The molecule has 8 heteroatoms. The van der Waals surface area contributed by atoms with Gasteiger partial charge in [-0.1, -0.05) is 0 Å². The molecule has 0 atom stereocenters. The predicted molar refractivity (Wildman–Crippen MR) is 50.1 cm³/mol. The van der Waals surface area contributed by atoms with Gasteiger partial charge >= 0.3 is 10.0 Å². The van der Waals surface area contributed by atoms with E-state index in [2.05, 4.69) is 14.4 Å². The topological polar surface area (TPSA) is 110 Å². The van der Waals surface area contributed by atoms with Crippen LogP contribution in [-0.4, -0.2) is 35.7 Å². The van der Waals surface area contributed by atoms with E-state index in [0.717, 1.165) is 6.92 Å². The third-order valence-electron chi connectivity index (χ3n) is 1.28. The van der Waals surface area contributed by atoms with E-state index >= 15 is 0 Å². The third-order valence-corrected chi connectivity index (χ3v) is 2.49. The van der Waals surface area contributed by atoms with Gasteiger partial charge in [0.15, 0.2) is 5.03 Å². The molecule has 1 aromatic heterocycles. The molecule has 2 heterocycles. The maximum atomic E-state index is 11.0. The summed E-state index contributed by atoms with van der Waals surface area (Å²) in [6, 6.07) is 0. The Morgan fingerprint density at radius 1 is 1.47 bits per heavy atom. The first-order valence-corrected chi connectivity index (χ1v) is 5.17. The first-order chi connectivity index (χ1) is 6.93. The average molecular weight is 229 g/mol. The van der Waals surface area contributed by atoms with E-state index in [1.807, 2.05) is 0 Å². The highest BCUT2D eigenvalue weighted by molar-refractivity contribution is 7.90. The van der Waals surface area contributed by atoms with Crippen molar-refractivity contribution in [2.75, 3.05) is 0 Å². The zero-order valence-electron chi connectivity index (χ0n) is 7.65. The number of nitrogens with zero attached hydrogens (tertiary/aromatic N) is 3. The summed E-state index contributed by atoms with van der Waals surface area (Å²) in [6.45, 7) is 1.08.